The van der Waals surface area contributed by atoms with E-state index in [0.29, 0.717) is 12.6 Å². The van der Waals surface area contributed by atoms with Crippen LogP contribution in [-0.2, 0) is 6.54 Å². The van der Waals surface area contributed by atoms with Crippen molar-refractivity contribution in [1.29, 1.82) is 0 Å². The van der Waals surface area contributed by atoms with Crippen LogP contribution in [0.25, 0.3) is 0 Å². The van der Waals surface area contributed by atoms with Crippen molar-refractivity contribution in [3.05, 3.63) is 35.4 Å². The summed E-state index contributed by atoms with van der Waals surface area (Å²) in [7, 11) is 0. The Hall–Kier alpha value is -1.00. The number of nitrogens with zero attached hydrogens (tertiary/aromatic N) is 1. The third kappa shape index (κ3) is 2.72. The standard InChI is InChI=1S/C16H22F2N2/c1-12-9-19-16(6-2-3-7-16)11-20(12)10-13-4-5-14(17)15(18)8-13/h4-5,8,12,19H,2-3,6-7,9-11H2,1H3. The van der Waals surface area contributed by atoms with Crippen molar-refractivity contribution < 1.29 is 8.78 Å². The zero-order valence-electron chi connectivity index (χ0n) is 12.0. The average molecular weight is 280 g/mol. The highest BCUT2D eigenvalue weighted by atomic mass is 19.2. The molecular weight excluding hydrogens is 258 g/mol. The molecule has 0 bridgehead atoms. The average Bonchev–Trinajstić information content (AvgIpc) is 2.87. The van der Waals surface area contributed by atoms with Crippen molar-refractivity contribution in [1.82, 2.24) is 10.2 Å². The zero-order chi connectivity index (χ0) is 14.2. The van der Waals surface area contributed by atoms with Gasteiger partial charge in [-0.15, -0.1) is 0 Å². The molecule has 2 aliphatic rings. The van der Waals surface area contributed by atoms with Crippen LogP contribution in [0, 0.1) is 11.6 Å². The minimum atomic E-state index is -0.769. The van der Waals surface area contributed by atoms with Crippen LogP contribution in [0.1, 0.15) is 38.2 Å². The lowest BCUT2D eigenvalue weighted by Crippen LogP contribution is -2.62. The second-order valence-corrected chi connectivity index (χ2v) is 6.37. The molecule has 1 saturated carbocycles. The van der Waals surface area contributed by atoms with Gasteiger partial charge in [-0.3, -0.25) is 4.90 Å². The monoisotopic (exact) mass is 280 g/mol. The lowest BCUT2D eigenvalue weighted by Gasteiger charge is -2.45. The minimum absolute atomic E-state index is 0.255. The molecule has 1 heterocycles. The maximum atomic E-state index is 13.3. The van der Waals surface area contributed by atoms with Crippen LogP contribution in [0.3, 0.4) is 0 Å². The van der Waals surface area contributed by atoms with E-state index in [2.05, 4.69) is 17.1 Å². The maximum absolute atomic E-state index is 13.3. The second-order valence-electron chi connectivity index (χ2n) is 6.37. The van der Waals surface area contributed by atoms with Crippen LogP contribution >= 0.6 is 0 Å². The number of hydrogen-bond donors (Lipinski definition) is 1. The van der Waals surface area contributed by atoms with Gasteiger partial charge in [0.1, 0.15) is 0 Å². The summed E-state index contributed by atoms with van der Waals surface area (Å²) in [5.41, 5.74) is 1.11. The van der Waals surface area contributed by atoms with Crippen molar-refractivity contribution in [2.75, 3.05) is 13.1 Å². The van der Waals surface area contributed by atoms with Crippen molar-refractivity contribution in [3.8, 4) is 0 Å². The minimum Gasteiger partial charge on any atom is -0.308 e. The van der Waals surface area contributed by atoms with Gasteiger partial charge in [-0.05, 0) is 37.5 Å². The quantitative estimate of drug-likeness (QED) is 0.895. The fourth-order valence-corrected chi connectivity index (χ4v) is 3.56. The van der Waals surface area contributed by atoms with Gasteiger partial charge in [0.05, 0.1) is 0 Å². The Morgan fingerprint density at radius 1 is 1.25 bits per heavy atom. The van der Waals surface area contributed by atoms with Gasteiger partial charge in [0, 0.05) is 31.2 Å². The van der Waals surface area contributed by atoms with Crippen LogP contribution < -0.4 is 5.32 Å². The molecule has 1 aliphatic heterocycles. The van der Waals surface area contributed by atoms with Crippen LogP contribution in [-0.4, -0.2) is 29.6 Å². The number of rotatable bonds is 2. The largest absolute Gasteiger partial charge is 0.308 e. The molecule has 110 valence electrons. The molecule has 1 aromatic rings. The lowest BCUT2D eigenvalue weighted by molar-refractivity contribution is 0.0825. The summed E-state index contributed by atoms with van der Waals surface area (Å²) in [6, 6.07) is 4.66. The summed E-state index contributed by atoms with van der Waals surface area (Å²) in [5.74, 6) is -1.52. The van der Waals surface area contributed by atoms with E-state index in [-0.39, 0.29) is 5.54 Å². The fourth-order valence-electron chi connectivity index (χ4n) is 3.56. The molecule has 0 aromatic heterocycles. The molecule has 3 rings (SSSR count). The zero-order valence-corrected chi connectivity index (χ0v) is 12.0. The molecule has 2 fully saturated rings. The Morgan fingerprint density at radius 2 is 2.00 bits per heavy atom. The highest BCUT2D eigenvalue weighted by molar-refractivity contribution is 5.18. The highest BCUT2D eigenvalue weighted by Crippen LogP contribution is 2.33. The number of benzene rings is 1. The summed E-state index contributed by atoms with van der Waals surface area (Å²) in [4.78, 5) is 2.40. The smallest absolute Gasteiger partial charge is 0.159 e. The predicted molar refractivity (Wildman–Crippen MR) is 75.4 cm³/mol. The van der Waals surface area contributed by atoms with E-state index in [9.17, 15) is 8.78 Å². The first kappa shape index (κ1) is 14.0. The van der Waals surface area contributed by atoms with E-state index in [1.54, 1.807) is 6.07 Å². The first-order chi connectivity index (χ1) is 9.58. The fraction of sp³-hybridized carbons (Fsp3) is 0.625. The topological polar surface area (TPSA) is 15.3 Å². The summed E-state index contributed by atoms with van der Waals surface area (Å²) in [5, 5.41) is 3.70. The number of piperazine rings is 1. The number of nitrogens with one attached hydrogen (secondary N) is 1. The summed E-state index contributed by atoms with van der Waals surface area (Å²) in [6.45, 7) is 4.87. The van der Waals surface area contributed by atoms with Gasteiger partial charge in [0.25, 0.3) is 0 Å². The number of halogens is 2. The summed E-state index contributed by atoms with van der Waals surface area (Å²) in [6.07, 6.45) is 5.04. The molecule has 1 saturated heterocycles. The van der Waals surface area contributed by atoms with Gasteiger partial charge in [-0.2, -0.15) is 0 Å². The molecule has 1 spiro atoms. The molecular formula is C16H22F2N2. The molecule has 20 heavy (non-hydrogen) atoms. The predicted octanol–water partition coefficient (Wildman–Crippen LogP) is 3.07. The SMILES string of the molecule is CC1CNC2(CCCC2)CN1Cc1ccc(F)c(F)c1. The van der Waals surface area contributed by atoms with E-state index in [1.165, 1.54) is 37.8 Å². The molecule has 1 aromatic carbocycles. The van der Waals surface area contributed by atoms with Crippen LogP contribution in [0.15, 0.2) is 18.2 Å². The molecule has 1 atom stereocenters. The molecule has 0 amide bonds. The van der Waals surface area contributed by atoms with Crippen molar-refractivity contribution in [2.45, 2.75) is 50.7 Å². The van der Waals surface area contributed by atoms with Gasteiger partial charge >= 0.3 is 0 Å². The summed E-state index contributed by atoms with van der Waals surface area (Å²) >= 11 is 0. The van der Waals surface area contributed by atoms with Gasteiger partial charge in [0.15, 0.2) is 11.6 Å². The third-order valence-corrected chi connectivity index (χ3v) is 4.83. The first-order valence-corrected chi connectivity index (χ1v) is 7.51. The Balaban J connectivity index is 1.72. The van der Waals surface area contributed by atoms with Gasteiger partial charge in [-0.1, -0.05) is 18.9 Å². The van der Waals surface area contributed by atoms with E-state index in [0.717, 1.165) is 18.7 Å². The van der Waals surface area contributed by atoms with Gasteiger partial charge < -0.3 is 5.32 Å². The first-order valence-electron chi connectivity index (χ1n) is 7.51. The molecule has 1 N–H and O–H groups in total. The Kier molecular flexibility index (Phi) is 3.78. The molecule has 4 heteroatoms. The maximum Gasteiger partial charge on any atom is 0.159 e. The van der Waals surface area contributed by atoms with Crippen LogP contribution in [0.4, 0.5) is 8.78 Å². The van der Waals surface area contributed by atoms with Gasteiger partial charge in [0.2, 0.25) is 0 Å². The molecule has 1 unspecified atom stereocenters. The molecule has 0 radical (unpaired) electrons. The third-order valence-electron chi connectivity index (χ3n) is 4.83. The normalized spacial score (nSPS) is 26.2. The Labute approximate surface area is 119 Å². The second kappa shape index (κ2) is 5.41. The van der Waals surface area contributed by atoms with Crippen molar-refractivity contribution in [3.63, 3.8) is 0 Å². The lowest BCUT2D eigenvalue weighted by atomic mass is 9.92. The van der Waals surface area contributed by atoms with E-state index < -0.39 is 11.6 Å². The van der Waals surface area contributed by atoms with E-state index >= 15 is 0 Å². The van der Waals surface area contributed by atoms with Crippen molar-refractivity contribution in [2.24, 2.45) is 0 Å². The molecule has 1 aliphatic carbocycles. The van der Waals surface area contributed by atoms with E-state index in [4.69, 9.17) is 0 Å². The summed E-state index contributed by atoms with van der Waals surface area (Å²) < 4.78 is 26.3. The van der Waals surface area contributed by atoms with E-state index in [1.807, 2.05) is 0 Å². The van der Waals surface area contributed by atoms with Crippen molar-refractivity contribution >= 4 is 0 Å². The number of hydrogen-bond acceptors (Lipinski definition) is 2. The van der Waals surface area contributed by atoms with Gasteiger partial charge in [-0.25, -0.2) is 8.78 Å². The van der Waals surface area contributed by atoms with Crippen LogP contribution in [0.2, 0.25) is 0 Å². The highest BCUT2D eigenvalue weighted by Gasteiger charge is 2.39. The molecule has 2 nitrogen and oxygen atoms in total. The Morgan fingerprint density at radius 3 is 2.70 bits per heavy atom. The van der Waals surface area contributed by atoms with Crippen LogP contribution in [0.5, 0.6) is 0 Å². The Bertz CT molecular complexity index is 483.